The molecule has 0 atom stereocenters. The van der Waals surface area contributed by atoms with Crippen LogP contribution >= 0.6 is 0 Å². The van der Waals surface area contributed by atoms with Gasteiger partial charge in [0.05, 0.1) is 0 Å². The standard InChI is InChI=1S/C16H12N2O3/c17-16(19)12-7-4-8-13(9-12)20-14-10-18-21-15(14)11-5-2-1-3-6-11/h1-10H,(H2,17,19). The number of aromatic nitrogens is 1. The van der Waals surface area contributed by atoms with Gasteiger partial charge in [0, 0.05) is 11.1 Å². The van der Waals surface area contributed by atoms with Gasteiger partial charge in [-0.25, -0.2) is 0 Å². The Bertz CT molecular complexity index is 766. The minimum atomic E-state index is -0.506. The van der Waals surface area contributed by atoms with Crippen molar-refractivity contribution in [2.24, 2.45) is 5.73 Å². The number of hydrogen-bond donors (Lipinski definition) is 1. The van der Waals surface area contributed by atoms with E-state index in [0.717, 1.165) is 5.56 Å². The molecule has 0 saturated heterocycles. The lowest BCUT2D eigenvalue weighted by molar-refractivity contribution is 0.1000. The first-order valence-electron chi connectivity index (χ1n) is 6.32. The smallest absolute Gasteiger partial charge is 0.248 e. The first-order valence-corrected chi connectivity index (χ1v) is 6.32. The van der Waals surface area contributed by atoms with E-state index < -0.39 is 5.91 Å². The molecule has 21 heavy (non-hydrogen) atoms. The summed E-state index contributed by atoms with van der Waals surface area (Å²) in [4.78, 5) is 11.2. The zero-order valence-electron chi connectivity index (χ0n) is 11.0. The van der Waals surface area contributed by atoms with Gasteiger partial charge in [-0.2, -0.15) is 0 Å². The summed E-state index contributed by atoms with van der Waals surface area (Å²) in [6, 6.07) is 16.1. The molecule has 0 radical (unpaired) electrons. The van der Waals surface area contributed by atoms with E-state index in [4.69, 9.17) is 15.0 Å². The lowest BCUT2D eigenvalue weighted by atomic mass is 10.1. The van der Waals surface area contributed by atoms with Crippen molar-refractivity contribution in [1.29, 1.82) is 0 Å². The molecule has 0 spiro atoms. The van der Waals surface area contributed by atoms with Gasteiger partial charge in [-0.15, -0.1) is 0 Å². The van der Waals surface area contributed by atoms with Crippen LogP contribution in [0.25, 0.3) is 11.3 Å². The monoisotopic (exact) mass is 280 g/mol. The van der Waals surface area contributed by atoms with Gasteiger partial charge >= 0.3 is 0 Å². The minimum Gasteiger partial charge on any atom is -0.452 e. The molecule has 5 nitrogen and oxygen atoms in total. The van der Waals surface area contributed by atoms with E-state index in [1.165, 1.54) is 6.20 Å². The maximum atomic E-state index is 11.2. The molecule has 5 heteroatoms. The average Bonchev–Trinajstić information content (AvgIpc) is 2.96. The average molecular weight is 280 g/mol. The van der Waals surface area contributed by atoms with Crippen LogP contribution in [0.5, 0.6) is 11.5 Å². The fraction of sp³-hybridized carbons (Fsp3) is 0. The van der Waals surface area contributed by atoms with Gasteiger partial charge in [0.15, 0.2) is 5.75 Å². The molecule has 0 aliphatic heterocycles. The van der Waals surface area contributed by atoms with Gasteiger partial charge < -0.3 is 15.0 Å². The van der Waals surface area contributed by atoms with Gasteiger partial charge in [0.25, 0.3) is 0 Å². The Morgan fingerprint density at radius 1 is 1.10 bits per heavy atom. The van der Waals surface area contributed by atoms with Crippen LogP contribution in [-0.2, 0) is 0 Å². The SMILES string of the molecule is NC(=O)c1cccc(Oc2cnoc2-c2ccccc2)c1. The Morgan fingerprint density at radius 3 is 2.67 bits per heavy atom. The molecule has 0 unspecified atom stereocenters. The maximum Gasteiger partial charge on any atom is 0.248 e. The molecule has 3 rings (SSSR count). The molecule has 1 heterocycles. The summed E-state index contributed by atoms with van der Waals surface area (Å²) in [6.07, 6.45) is 1.49. The van der Waals surface area contributed by atoms with Gasteiger partial charge in [0.1, 0.15) is 11.9 Å². The molecule has 104 valence electrons. The van der Waals surface area contributed by atoms with Gasteiger partial charge in [0.2, 0.25) is 11.7 Å². The van der Waals surface area contributed by atoms with E-state index in [9.17, 15) is 4.79 Å². The largest absolute Gasteiger partial charge is 0.452 e. The third-order valence-electron chi connectivity index (χ3n) is 2.92. The molecule has 0 bridgehead atoms. The highest BCUT2D eigenvalue weighted by atomic mass is 16.5. The second-order valence-corrected chi connectivity index (χ2v) is 4.38. The van der Waals surface area contributed by atoms with Crippen molar-refractivity contribution in [2.75, 3.05) is 0 Å². The third-order valence-corrected chi connectivity index (χ3v) is 2.92. The fourth-order valence-electron chi connectivity index (χ4n) is 1.93. The lowest BCUT2D eigenvalue weighted by Gasteiger charge is -2.05. The number of nitrogens with zero attached hydrogens (tertiary/aromatic N) is 1. The highest BCUT2D eigenvalue weighted by Gasteiger charge is 2.13. The Morgan fingerprint density at radius 2 is 1.90 bits per heavy atom. The van der Waals surface area contributed by atoms with Crippen molar-refractivity contribution in [3.8, 4) is 22.8 Å². The van der Waals surface area contributed by atoms with Gasteiger partial charge in [-0.3, -0.25) is 4.79 Å². The molecule has 0 fully saturated rings. The number of hydrogen-bond acceptors (Lipinski definition) is 4. The summed E-state index contributed by atoms with van der Waals surface area (Å²) in [5.74, 6) is 0.989. The van der Waals surface area contributed by atoms with E-state index in [1.807, 2.05) is 30.3 Å². The lowest BCUT2D eigenvalue weighted by Crippen LogP contribution is -2.10. The predicted octanol–water partition coefficient (Wildman–Crippen LogP) is 3.23. The zero-order chi connectivity index (χ0) is 14.7. The van der Waals surface area contributed by atoms with Crippen LogP contribution in [-0.4, -0.2) is 11.1 Å². The van der Waals surface area contributed by atoms with E-state index in [2.05, 4.69) is 5.16 Å². The number of ether oxygens (including phenoxy) is 1. The van der Waals surface area contributed by atoms with Crippen molar-refractivity contribution in [3.05, 3.63) is 66.4 Å². The summed E-state index contributed by atoms with van der Waals surface area (Å²) in [7, 11) is 0. The number of carbonyl (C=O) groups excluding carboxylic acids is 1. The topological polar surface area (TPSA) is 78.4 Å². The number of rotatable bonds is 4. The van der Waals surface area contributed by atoms with Crippen LogP contribution in [0.3, 0.4) is 0 Å². The summed E-state index contributed by atoms with van der Waals surface area (Å²) in [5, 5.41) is 3.76. The second kappa shape index (κ2) is 5.50. The number of amides is 1. The van der Waals surface area contributed by atoms with Crippen LogP contribution < -0.4 is 10.5 Å². The molecule has 3 aromatic rings. The number of nitrogens with two attached hydrogens (primary N) is 1. The Labute approximate surface area is 120 Å². The summed E-state index contributed by atoms with van der Waals surface area (Å²) < 4.78 is 11.0. The molecule has 2 aromatic carbocycles. The van der Waals surface area contributed by atoms with Crippen LogP contribution in [0.1, 0.15) is 10.4 Å². The fourth-order valence-corrected chi connectivity index (χ4v) is 1.93. The quantitative estimate of drug-likeness (QED) is 0.795. The van der Waals surface area contributed by atoms with Crippen molar-refractivity contribution in [1.82, 2.24) is 5.16 Å². The number of benzene rings is 2. The zero-order valence-corrected chi connectivity index (χ0v) is 11.0. The molecular weight excluding hydrogens is 268 g/mol. The van der Waals surface area contributed by atoms with E-state index in [1.54, 1.807) is 24.3 Å². The number of primary amides is 1. The van der Waals surface area contributed by atoms with E-state index in [0.29, 0.717) is 22.8 Å². The van der Waals surface area contributed by atoms with Crippen LogP contribution in [0.2, 0.25) is 0 Å². The Hall–Kier alpha value is -3.08. The normalized spacial score (nSPS) is 10.3. The first kappa shape index (κ1) is 12.9. The Kier molecular flexibility index (Phi) is 3.39. The highest BCUT2D eigenvalue weighted by molar-refractivity contribution is 5.93. The third kappa shape index (κ3) is 2.76. The maximum absolute atomic E-state index is 11.2. The second-order valence-electron chi connectivity index (χ2n) is 4.38. The molecule has 1 amide bonds. The van der Waals surface area contributed by atoms with Crippen LogP contribution in [0.4, 0.5) is 0 Å². The summed E-state index contributed by atoms with van der Waals surface area (Å²) in [6.45, 7) is 0. The minimum absolute atomic E-state index is 0.380. The summed E-state index contributed by atoms with van der Waals surface area (Å²) in [5.41, 5.74) is 6.49. The molecule has 0 saturated carbocycles. The van der Waals surface area contributed by atoms with Crippen molar-refractivity contribution in [3.63, 3.8) is 0 Å². The molecule has 0 aliphatic rings. The van der Waals surface area contributed by atoms with Crippen molar-refractivity contribution in [2.45, 2.75) is 0 Å². The first-order chi connectivity index (χ1) is 10.2. The Balaban J connectivity index is 1.92. The molecule has 0 aliphatic carbocycles. The molecule has 2 N–H and O–H groups in total. The van der Waals surface area contributed by atoms with Crippen LogP contribution in [0, 0.1) is 0 Å². The van der Waals surface area contributed by atoms with Crippen molar-refractivity contribution < 1.29 is 14.1 Å². The van der Waals surface area contributed by atoms with E-state index in [-0.39, 0.29) is 0 Å². The highest BCUT2D eigenvalue weighted by Crippen LogP contribution is 2.33. The summed E-state index contributed by atoms with van der Waals surface area (Å²) >= 11 is 0. The number of carbonyl (C=O) groups is 1. The van der Waals surface area contributed by atoms with Gasteiger partial charge in [-0.05, 0) is 18.2 Å². The van der Waals surface area contributed by atoms with Crippen molar-refractivity contribution >= 4 is 5.91 Å². The molecular formula is C16H12N2O3. The predicted molar refractivity (Wildman–Crippen MR) is 77.0 cm³/mol. The van der Waals surface area contributed by atoms with Gasteiger partial charge in [-0.1, -0.05) is 41.6 Å². The van der Waals surface area contributed by atoms with Crippen LogP contribution in [0.15, 0.2) is 65.3 Å². The molecule has 1 aromatic heterocycles. The van der Waals surface area contributed by atoms with E-state index >= 15 is 0 Å².